The second-order valence-corrected chi connectivity index (χ2v) is 5.69. The maximum atomic E-state index is 11.6. The van der Waals surface area contributed by atoms with E-state index >= 15 is 0 Å². The average Bonchev–Trinajstić information content (AvgIpc) is 3.11. The lowest BCUT2D eigenvalue weighted by Crippen LogP contribution is -2.51. The highest BCUT2D eigenvalue weighted by atomic mass is 16.5. The Morgan fingerprint density at radius 2 is 2.05 bits per heavy atom. The van der Waals surface area contributed by atoms with Crippen molar-refractivity contribution in [3.8, 4) is 0 Å². The topological polar surface area (TPSA) is 58.6 Å². The lowest BCUT2D eigenvalue weighted by molar-refractivity contribution is -0.144. The van der Waals surface area contributed by atoms with Gasteiger partial charge in [-0.2, -0.15) is 0 Å². The maximum absolute atomic E-state index is 11.6. The van der Waals surface area contributed by atoms with Crippen LogP contribution in [0.1, 0.15) is 39.5 Å². The largest absolute Gasteiger partial charge is 0.466 e. The number of amides is 1. The molecule has 108 valence electrons. The van der Waals surface area contributed by atoms with Gasteiger partial charge in [-0.3, -0.25) is 14.5 Å². The molecule has 0 spiro atoms. The summed E-state index contributed by atoms with van der Waals surface area (Å²) >= 11 is 0. The van der Waals surface area contributed by atoms with Gasteiger partial charge in [0.1, 0.15) is 0 Å². The molecule has 0 radical (unpaired) electrons. The number of nitrogens with zero attached hydrogens (tertiary/aromatic N) is 1. The van der Waals surface area contributed by atoms with Gasteiger partial charge in [0.15, 0.2) is 0 Å². The number of ether oxygens (including phenoxy) is 1. The van der Waals surface area contributed by atoms with E-state index in [2.05, 4.69) is 10.2 Å². The highest BCUT2D eigenvalue weighted by Crippen LogP contribution is 2.32. The molecule has 1 aliphatic heterocycles. The number of piperidine rings is 1. The second kappa shape index (κ2) is 6.37. The molecule has 0 aromatic heterocycles. The number of carbonyl (C=O) groups is 2. The molecule has 5 heteroatoms. The van der Waals surface area contributed by atoms with Crippen molar-refractivity contribution in [2.75, 3.05) is 19.7 Å². The Morgan fingerprint density at radius 3 is 2.63 bits per heavy atom. The number of hydrogen-bond donors (Lipinski definition) is 1. The third-order valence-corrected chi connectivity index (χ3v) is 3.80. The Hall–Kier alpha value is -1.10. The van der Waals surface area contributed by atoms with Crippen molar-refractivity contribution >= 4 is 11.9 Å². The van der Waals surface area contributed by atoms with Crippen molar-refractivity contribution < 1.29 is 14.3 Å². The van der Waals surface area contributed by atoms with Crippen LogP contribution in [0.4, 0.5) is 0 Å². The van der Waals surface area contributed by atoms with Gasteiger partial charge in [0.25, 0.3) is 0 Å². The normalized spacial score (nSPS) is 27.9. The van der Waals surface area contributed by atoms with E-state index in [0.29, 0.717) is 25.0 Å². The molecule has 2 atom stereocenters. The minimum atomic E-state index is -0.119. The van der Waals surface area contributed by atoms with Crippen LogP contribution in [0.5, 0.6) is 0 Å². The fraction of sp³-hybridized carbons (Fsp3) is 0.857. The number of carbonyl (C=O) groups excluding carboxylic acids is 2. The fourth-order valence-electron chi connectivity index (χ4n) is 2.97. The van der Waals surface area contributed by atoms with Crippen LogP contribution in [-0.4, -0.2) is 48.6 Å². The van der Waals surface area contributed by atoms with Gasteiger partial charge in [-0.05, 0) is 32.1 Å². The summed E-state index contributed by atoms with van der Waals surface area (Å²) in [6, 6.07) is 0.840. The van der Waals surface area contributed by atoms with Gasteiger partial charge >= 0.3 is 5.97 Å². The minimum Gasteiger partial charge on any atom is -0.466 e. The first-order valence-electron chi connectivity index (χ1n) is 7.25. The third-order valence-electron chi connectivity index (χ3n) is 3.80. The van der Waals surface area contributed by atoms with Gasteiger partial charge in [-0.15, -0.1) is 0 Å². The third kappa shape index (κ3) is 4.49. The molecule has 2 unspecified atom stereocenters. The molecule has 0 bridgehead atoms. The smallest absolute Gasteiger partial charge is 0.306 e. The van der Waals surface area contributed by atoms with Gasteiger partial charge in [0.05, 0.1) is 6.61 Å². The van der Waals surface area contributed by atoms with E-state index < -0.39 is 0 Å². The van der Waals surface area contributed by atoms with Gasteiger partial charge in [-0.1, -0.05) is 0 Å². The van der Waals surface area contributed by atoms with Crippen LogP contribution in [0.15, 0.2) is 0 Å². The fourth-order valence-corrected chi connectivity index (χ4v) is 2.97. The summed E-state index contributed by atoms with van der Waals surface area (Å²) < 4.78 is 5.03. The highest BCUT2D eigenvalue weighted by Gasteiger charge is 2.37. The molecule has 0 aromatic rings. The molecular formula is C14H24N2O3. The first-order valence-corrected chi connectivity index (χ1v) is 7.25. The minimum absolute atomic E-state index is 0.0116. The Labute approximate surface area is 114 Å². The van der Waals surface area contributed by atoms with Crippen LogP contribution in [0.2, 0.25) is 0 Å². The van der Waals surface area contributed by atoms with Crippen LogP contribution < -0.4 is 5.32 Å². The molecule has 19 heavy (non-hydrogen) atoms. The summed E-state index contributed by atoms with van der Waals surface area (Å²) in [5.41, 5.74) is 0. The molecule has 2 fully saturated rings. The quantitative estimate of drug-likeness (QED) is 0.754. The molecule has 0 aromatic carbocycles. The molecule has 1 saturated heterocycles. The maximum Gasteiger partial charge on any atom is 0.306 e. The molecule has 1 saturated carbocycles. The molecule has 1 amide bonds. The van der Waals surface area contributed by atoms with Gasteiger partial charge in [0.2, 0.25) is 5.91 Å². The molecule has 2 aliphatic rings. The zero-order chi connectivity index (χ0) is 13.8. The monoisotopic (exact) mass is 268 g/mol. The molecule has 5 nitrogen and oxygen atoms in total. The lowest BCUT2D eigenvalue weighted by atomic mass is 9.91. The van der Waals surface area contributed by atoms with Crippen LogP contribution in [0.3, 0.4) is 0 Å². The molecule has 1 heterocycles. The van der Waals surface area contributed by atoms with Crippen LogP contribution in [0, 0.1) is 5.92 Å². The number of rotatable bonds is 5. The second-order valence-electron chi connectivity index (χ2n) is 5.69. The SMILES string of the molecule is CCOC(=O)CC1CC(NC(C)=O)CN(C2CC2)C1. The number of hydrogen-bond acceptors (Lipinski definition) is 4. The Morgan fingerprint density at radius 1 is 1.32 bits per heavy atom. The average molecular weight is 268 g/mol. The van der Waals surface area contributed by atoms with E-state index in [9.17, 15) is 9.59 Å². The Balaban J connectivity index is 1.89. The molecular weight excluding hydrogens is 244 g/mol. The van der Waals surface area contributed by atoms with E-state index in [4.69, 9.17) is 4.74 Å². The summed E-state index contributed by atoms with van der Waals surface area (Å²) in [6.07, 6.45) is 3.84. The first-order chi connectivity index (χ1) is 9.08. The molecule has 1 N–H and O–H groups in total. The highest BCUT2D eigenvalue weighted by molar-refractivity contribution is 5.73. The van der Waals surface area contributed by atoms with Crippen molar-refractivity contribution in [3.63, 3.8) is 0 Å². The predicted octanol–water partition coefficient (Wildman–Crippen LogP) is 0.929. The predicted molar refractivity (Wildman–Crippen MR) is 71.6 cm³/mol. The Bertz CT molecular complexity index is 342. The van der Waals surface area contributed by atoms with E-state index in [1.807, 2.05) is 6.92 Å². The summed E-state index contributed by atoms with van der Waals surface area (Å²) in [6.45, 7) is 5.70. The summed E-state index contributed by atoms with van der Waals surface area (Å²) in [5, 5.41) is 3.00. The van der Waals surface area contributed by atoms with Crippen molar-refractivity contribution in [3.05, 3.63) is 0 Å². The van der Waals surface area contributed by atoms with Crippen LogP contribution in [-0.2, 0) is 14.3 Å². The lowest BCUT2D eigenvalue weighted by Gasteiger charge is -2.37. The Kier molecular flexibility index (Phi) is 4.80. The van der Waals surface area contributed by atoms with Crippen LogP contribution >= 0.6 is 0 Å². The van der Waals surface area contributed by atoms with Crippen molar-refractivity contribution in [1.29, 1.82) is 0 Å². The zero-order valence-electron chi connectivity index (χ0n) is 11.9. The van der Waals surface area contributed by atoms with E-state index in [-0.39, 0.29) is 17.9 Å². The van der Waals surface area contributed by atoms with Crippen molar-refractivity contribution in [2.24, 2.45) is 5.92 Å². The van der Waals surface area contributed by atoms with E-state index in [1.54, 1.807) is 6.92 Å². The zero-order valence-corrected chi connectivity index (χ0v) is 11.9. The number of likely N-dealkylation sites (tertiary alicyclic amines) is 1. The standard InChI is InChI=1S/C14H24N2O3/c1-3-19-14(18)7-11-6-12(15-10(2)17)9-16(8-11)13-4-5-13/h11-13H,3-9H2,1-2H3,(H,15,17). The van der Waals surface area contributed by atoms with Gasteiger partial charge < -0.3 is 10.1 Å². The van der Waals surface area contributed by atoms with E-state index in [0.717, 1.165) is 19.5 Å². The van der Waals surface area contributed by atoms with Gasteiger partial charge in [-0.25, -0.2) is 0 Å². The number of nitrogens with one attached hydrogen (secondary N) is 1. The van der Waals surface area contributed by atoms with Crippen molar-refractivity contribution in [2.45, 2.75) is 51.6 Å². The van der Waals surface area contributed by atoms with Gasteiger partial charge in [0, 0.05) is 38.5 Å². The number of esters is 1. The summed E-state index contributed by atoms with van der Waals surface area (Å²) in [4.78, 5) is 25.2. The molecule has 2 rings (SSSR count). The van der Waals surface area contributed by atoms with Crippen molar-refractivity contribution in [1.82, 2.24) is 10.2 Å². The first kappa shape index (κ1) is 14.3. The van der Waals surface area contributed by atoms with Crippen LogP contribution in [0.25, 0.3) is 0 Å². The summed E-state index contributed by atoms with van der Waals surface area (Å²) in [7, 11) is 0. The summed E-state index contributed by atoms with van der Waals surface area (Å²) in [5.74, 6) is 0.189. The van der Waals surface area contributed by atoms with E-state index in [1.165, 1.54) is 12.8 Å². The molecule has 1 aliphatic carbocycles.